The van der Waals surface area contributed by atoms with Crippen molar-refractivity contribution in [2.45, 2.75) is 13.1 Å². The lowest BCUT2D eigenvalue weighted by molar-refractivity contribution is 0.0948. The second-order valence-electron chi connectivity index (χ2n) is 4.70. The fourth-order valence-corrected chi connectivity index (χ4v) is 2.10. The van der Waals surface area contributed by atoms with Crippen LogP contribution in [0.4, 0.5) is 0 Å². The van der Waals surface area contributed by atoms with Crippen LogP contribution >= 0.6 is 15.9 Å². The van der Waals surface area contributed by atoms with Crippen molar-refractivity contribution in [3.8, 4) is 0 Å². The molecule has 1 aromatic heterocycles. The highest BCUT2D eigenvalue weighted by Gasteiger charge is 2.09. The quantitative estimate of drug-likeness (QED) is 0.455. The fraction of sp³-hybridized carbons (Fsp3) is 0.308. The molecule has 0 atom stereocenters. The van der Waals surface area contributed by atoms with Crippen molar-refractivity contribution < 1.29 is 4.79 Å². The van der Waals surface area contributed by atoms with E-state index >= 15 is 0 Å². The Labute approximate surface area is 131 Å². The predicted molar refractivity (Wildman–Crippen MR) is 82.2 cm³/mol. The number of halogens is 1. The summed E-state index contributed by atoms with van der Waals surface area (Å²) in [5, 5.41) is 7.65. The molecule has 0 aliphatic carbocycles. The van der Waals surface area contributed by atoms with Crippen LogP contribution in [0.3, 0.4) is 0 Å². The molecular formula is C13H17BrN6O. The summed E-state index contributed by atoms with van der Waals surface area (Å²) in [6, 6.07) is 8.22. The molecule has 0 aliphatic heterocycles. The molecule has 0 aliphatic rings. The average Bonchev–Trinajstić information content (AvgIpc) is 2.96. The molecule has 0 radical (unpaired) electrons. The molecule has 0 saturated carbocycles. The molecule has 0 saturated heterocycles. The van der Waals surface area contributed by atoms with Gasteiger partial charge in [-0.15, -0.1) is 5.10 Å². The summed E-state index contributed by atoms with van der Waals surface area (Å²) in [5.74, 6) is 4.60. The third kappa shape index (κ3) is 4.62. The lowest BCUT2D eigenvalue weighted by atomic mass is 10.2. The van der Waals surface area contributed by atoms with Gasteiger partial charge in [0.15, 0.2) is 5.69 Å². The van der Waals surface area contributed by atoms with Crippen LogP contribution in [0.15, 0.2) is 34.9 Å². The van der Waals surface area contributed by atoms with Gasteiger partial charge >= 0.3 is 0 Å². The van der Waals surface area contributed by atoms with E-state index in [0.717, 1.165) is 17.6 Å². The van der Waals surface area contributed by atoms with E-state index in [1.54, 1.807) is 10.9 Å². The molecule has 1 amide bonds. The average molecular weight is 353 g/mol. The van der Waals surface area contributed by atoms with Gasteiger partial charge in [0.1, 0.15) is 0 Å². The second-order valence-corrected chi connectivity index (χ2v) is 5.62. The van der Waals surface area contributed by atoms with Crippen LogP contribution in [0, 0.1) is 0 Å². The largest absolute Gasteiger partial charge is 0.300 e. The molecule has 2 rings (SSSR count). The monoisotopic (exact) mass is 352 g/mol. The highest BCUT2D eigenvalue weighted by Crippen LogP contribution is 2.11. The van der Waals surface area contributed by atoms with Gasteiger partial charge < -0.3 is 4.90 Å². The number of carbonyl (C=O) groups excluding carboxylic acids is 1. The van der Waals surface area contributed by atoms with Crippen molar-refractivity contribution in [3.05, 3.63) is 46.2 Å². The number of benzene rings is 1. The van der Waals surface area contributed by atoms with E-state index in [1.807, 2.05) is 24.6 Å². The van der Waals surface area contributed by atoms with Crippen molar-refractivity contribution in [1.29, 1.82) is 0 Å². The minimum atomic E-state index is -0.440. The topological polar surface area (TPSA) is 89.1 Å². The molecule has 0 bridgehead atoms. The second kappa shape index (κ2) is 7.30. The van der Waals surface area contributed by atoms with Crippen LogP contribution in [0.5, 0.6) is 0 Å². The first-order chi connectivity index (χ1) is 10.1. The first kappa shape index (κ1) is 15.6. The van der Waals surface area contributed by atoms with Gasteiger partial charge in [0.05, 0.1) is 12.7 Å². The minimum Gasteiger partial charge on any atom is -0.300 e. The molecule has 0 spiro atoms. The molecule has 0 fully saturated rings. The first-order valence-electron chi connectivity index (χ1n) is 6.42. The van der Waals surface area contributed by atoms with Gasteiger partial charge in [-0.25, -0.2) is 5.84 Å². The van der Waals surface area contributed by atoms with Gasteiger partial charge in [0.2, 0.25) is 0 Å². The van der Waals surface area contributed by atoms with E-state index in [1.165, 1.54) is 5.56 Å². The summed E-state index contributed by atoms with van der Waals surface area (Å²) in [5.41, 5.74) is 3.48. The number of nitrogens with two attached hydrogens (primary N) is 1. The first-order valence-corrected chi connectivity index (χ1v) is 7.22. The van der Waals surface area contributed by atoms with Gasteiger partial charge in [0, 0.05) is 17.6 Å². The van der Waals surface area contributed by atoms with E-state index in [4.69, 9.17) is 5.84 Å². The van der Waals surface area contributed by atoms with Crippen LogP contribution in [-0.2, 0) is 13.1 Å². The van der Waals surface area contributed by atoms with Crippen LogP contribution in [0.2, 0.25) is 0 Å². The maximum absolute atomic E-state index is 11.3. The highest BCUT2D eigenvalue weighted by molar-refractivity contribution is 9.10. The molecule has 3 N–H and O–H groups in total. The zero-order valence-corrected chi connectivity index (χ0v) is 13.2. The summed E-state index contributed by atoms with van der Waals surface area (Å²) in [4.78, 5) is 13.4. The Kier molecular flexibility index (Phi) is 5.43. The molecule has 112 valence electrons. The summed E-state index contributed by atoms with van der Waals surface area (Å²) < 4.78 is 2.70. The van der Waals surface area contributed by atoms with Crippen LogP contribution < -0.4 is 11.3 Å². The number of rotatable bonds is 6. The molecule has 1 aromatic carbocycles. The Hall–Kier alpha value is -1.77. The third-order valence-corrected chi connectivity index (χ3v) is 3.51. The van der Waals surface area contributed by atoms with Crippen molar-refractivity contribution >= 4 is 21.8 Å². The summed E-state index contributed by atoms with van der Waals surface area (Å²) in [6.07, 6.45) is 1.58. The third-order valence-electron chi connectivity index (χ3n) is 2.98. The molecule has 1 heterocycles. The number of hydrogen-bond donors (Lipinski definition) is 2. The zero-order chi connectivity index (χ0) is 15.2. The van der Waals surface area contributed by atoms with Gasteiger partial charge in [-0.05, 0) is 24.7 Å². The number of carbonyl (C=O) groups is 1. The van der Waals surface area contributed by atoms with Crippen LogP contribution in [0.1, 0.15) is 16.1 Å². The molecule has 21 heavy (non-hydrogen) atoms. The number of likely N-dealkylation sites (N-methyl/N-ethyl adjacent to an activating group) is 1. The van der Waals surface area contributed by atoms with Crippen LogP contribution in [-0.4, -0.2) is 39.4 Å². The summed E-state index contributed by atoms with van der Waals surface area (Å²) in [6.45, 7) is 2.29. The SMILES string of the molecule is CN(CCn1cc(C(=O)NN)nn1)Cc1ccc(Br)cc1. The van der Waals surface area contributed by atoms with E-state index in [0.29, 0.717) is 6.54 Å². The summed E-state index contributed by atoms with van der Waals surface area (Å²) in [7, 11) is 2.03. The molecule has 7 nitrogen and oxygen atoms in total. The Morgan fingerprint density at radius 2 is 2.14 bits per heavy atom. The molecular weight excluding hydrogens is 336 g/mol. The number of hydrazine groups is 1. The summed E-state index contributed by atoms with van der Waals surface area (Å²) >= 11 is 3.42. The molecule has 2 aromatic rings. The number of nitrogens with zero attached hydrogens (tertiary/aromatic N) is 4. The van der Waals surface area contributed by atoms with Crippen molar-refractivity contribution in [2.75, 3.05) is 13.6 Å². The Morgan fingerprint density at radius 3 is 2.81 bits per heavy atom. The number of amides is 1. The van der Waals surface area contributed by atoms with E-state index in [-0.39, 0.29) is 5.69 Å². The van der Waals surface area contributed by atoms with Crippen molar-refractivity contribution in [3.63, 3.8) is 0 Å². The van der Waals surface area contributed by atoms with E-state index < -0.39 is 5.91 Å². The minimum absolute atomic E-state index is 0.216. The number of nitrogen functional groups attached to an aromatic ring is 1. The van der Waals surface area contributed by atoms with Gasteiger partial charge in [-0.2, -0.15) is 0 Å². The number of hydrogen-bond acceptors (Lipinski definition) is 5. The van der Waals surface area contributed by atoms with Gasteiger partial charge in [0.25, 0.3) is 5.91 Å². The zero-order valence-electron chi connectivity index (χ0n) is 11.7. The molecule has 8 heteroatoms. The highest BCUT2D eigenvalue weighted by atomic mass is 79.9. The Bertz CT molecular complexity index is 597. The maximum Gasteiger partial charge on any atom is 0.287 e. The van der Waals surface area contributed by atoms with E-state index in [9.17, 15) is 4.79 Å². The van der Waals surface area contributed by atoms with Crippen molar-refractivity contribution in [2.24, 2.45) is 5.84 Å². The Balaban J connectivity index is 1.83. The van der Waals surface area contributed by atoms with E-state index in [2.05, 4.69) is 43.3 Å². The standard InChI is InChI=1S/C13H17BrN6O/c1-19(8-10-2-4-11(14)5-3-10)6-7-20-9-12(17-18-20)13(21)16-15/h2-5,9H,6-8,15H2,1H3,(H,16,21). The lowest BCUT2D eigenvalue weighted by Crippen LogP contribution is -2.30. The Morgan fingerprint density at radius 1 is 1.43 bits per heavy atom. The van der Waals surface area contributed by atoms with Gasteiger partial charge in [-0.1, -0.05) is 33.3 Å². The normalized spacial score (nSPS) is 10.9. The number of nitrogens with one attached hydrogen (secondary N) is 1. The smallest absolute Gasteiger partial charge is 0.287 e. The lowest BCUT2D eigenvalue weighted by Gasteiger charge is -2.16. The van der Waals surface area contributed by atoms with Crippen LogP contribution in [0.25, 0.3) is 0 Å². The fourth-order valence-electron chi connectivity index (χ4n) is 1.84. The molecule has 0 unspecified atom stereocenters. The van der Waals surface area contributed by atoms with Crippen molar-refractivity contribution in [1.82, 2.24) is 25.3 Å². The maximum atomic E-state index is 11.3. The van der Waals surface area contributed by atoms with Gasteiger partial charge in [-0.3, -0.25) is 14.9 Å². The predicted octanol–water partition coefficient (Wildman–Crippen LogP) is 0.776. The number of aromatic nitrogens is 3.